The summed E-state index contributed by atoms with van der Waals surface area (Å²) in [5, 5.41) is 7.19. The third-order valence-corrected chi connectivity index (χ3v) is 7.28. The SMILES string of the molecule is [2H]c1ccccc1[C@@]1(CN)[C@@H]2CCN(c3cnc4c(-c5ccnc(C)c5F)[nH]nc4n3)C[C@@H]21. The number of hydrogen-bond donors (Lipinski definition) is 2. The molecular formula is C24H24FN7. The van der Waals surface area contributed by atoms with E-state index in [1.54, 1.807) is 25.4 Å². The van der Waals surface area contributed by atoms with Gasteiger partial charge in [0.2, 0.25) is 5.65 Å². The Hall–Kier alpha value is -3.39. The van der Waals surface area contributed by atoms with Crippen molar-refractivity contribution in [3.05, 3.63) is 65.8 Å². The minimum absolute atomic E-state index is 0.138. The van der Waals surface area contributed by atoms with Crippen LogP contribution >= 0.6 is 0 Å². The predicted molar refractivity (Wildman–Crippen MR) is 121 cm³/mol. The summed E-state index contributed by atoms with van der Waals surface area (Å²) in [6.07, 6.45) is 4.29. The summed E-state index contributed by atoms with van der Waals surface area (Å²) in [6, 6.07) is 9.96. The van der Waals surface area contributed by atoms with Crippen LogP contribution in [0, 0.1) is 24.6 Å². The molecule has 1 saturated heterocycles. The largest absolute Gasteiger partial charge is 0.355 e. The Balaban J connectivity index is 1.30. The number of pyridine rings is 1. The number of H-pyrrole nitrogens is 1. The van der Waals surface area contributed by atoms with Crippen LogP contribution in [0.2, 0.25) is 0 Å². The van der Waals surface area contributed by atoms with Crippen molar-refractivity contribution in [2.45, 2.75) is 18.8 Å². The van der Waals surface area contributed by atoms with Gasteiger partial charge in [0, 0.05) is 36.8 Å². The molecule has 6 rings (SSSR count). The summed E-state index contributed by atoms with van der Waals surface area (Å²) >= 11 is 0. The number of aryl methyl sites for hydroxylation is 1. The van der Waals surface area contributed by atoms with Crippen molar-refractivity contribution >= 4 is 17.0 Å². The molecule has 2 aliphatic rings. The number of hydrogen-bond acceptors (Lipinski definition) is 6. The number of nitrogens with one attached hydrogen (secondary N) is 1. The van der Waals surface area contributed by atoms with E-state index in [2.05, 4.69) is 31.1 Å². The lowest BCUT2D eigenvalue weighted by atomic mass is 9.91. The number of fused-ring (bicyclic) bond motifs is 2. The van der Waals surface area contributed by atoms with Gasteiger partial charge in [0.05, 0.1) is 19.0 Å². The highest BCUT2D eigenvalue weighted by Crippen LogP contribution is 2.63. The molecule has 3 atom stereocenters. The molecular weight excluding hydrogens is 405 g/mol. The van der Waals surface area contributed by atoms with Crippen molar-refractivity contribution in [2.24, 2.45) is 17.6 Å². The van der Waals surface area contributed by atoms with Gasteiger partial charge in [0.25, 0.3) is 0 Å². The highest BCUT2D eigenvalue weighted by molar-refractivity contribution is 5.88. The Labute approximate surface area is 186 Å². The van der Waals surface area contributed by atoms with E-state index >= 15 is 0 Å². The van der Waals surface area contributed by atoms with Gasteiger partial charge in [-0.1, -0.05) is 30.3 Å². The van der Waals surface area contributed by atoms with Crippen molar-refractivity contribution < 1.29 is 5.76 Å². The molecule has 0 unspecified atom stereocenters. The van der Waals surface area contributed by atoms with E-state index in [4.69, 9.17) is 12.1 Å². The maximum absolute atomic E-state index is 14.6. The Morgan fingerprint density at radius 1 is 1.28 bits per heavy atom. The summed E-state index contributed by atoms with van der Waals surface area (Å²) in [6.45, 7) is 3.82. The number of aromatic amines is 1. The number of halogens is 1. The second-order valence-electron chi connectivity index (χ2n) is 8.73. The molecule has 32 heavy (non-hydrogen) atoms. The van der Waals surface area contributed by atoms with Gasteiger partial charge >= 0.3 is 0 Å². The molecule has 7 nitrogen and oxygen atoms in total. The molecule has 0 radical (unpaired) electrons. The van der Waals surface area contributed by atoms with E-state index in [1.807, 2.05) is 18.2 Å². The topological polar surface area (TPSA) is 96.6 Å². The lowest BCUT2D eigenvalue weighted by molar-refractivity contribution is 0.545. The van der Waals surface area contributed by atoms with E-state index in [-0.39, 0.29) is 5.41 Å². The molecule has 1 aliphatic heterocycles. The fourth-order valence-corrected chi connectivity index (χ4v) is 5.55. The van der Waals surface area contributed by atoms with Gasteiger partial charge in [-0.05, 0) is 36.8 Å². The lowest BCUT2D eigenvalue weighted by Gasteiger charge is -2.26. The van der Waals surface area contributed by atoms with Gasteiger partial charge < -0.3 is 10.6 Å². The molecule has 1 aromatic carbocycles. The average molecular weight is 431 g/mol. The molecule has 0 bridgehead atoms. The second kappa shape index (κ2) is 7.06. The van der Waals surface area contributed by atoms with Crippen LogP contribution in [0.15, 0.2) is 48.8 Å². The number of aromatic nitrogens is 5. The van der Waals surface area contributed by atoms with Crippen molar-refractivity contribution in [1.82, 2.24) is 25.1 Å². The molecule has 1 saturated carbocycles. The number of anilines is 1. The lowest BCUT2D eigenvalue weighted by Crippen LogP contribution is -2.32. The maximum atomic E-state index is 14.6. The van der Waals surface area contributed by atoms with Gasteiger partial charge in [-0.15, -0.1) is 0 Å². The standard InChI is InChI=1S/C24H24FN7/c1-14-20(25)16(7-9-27-14)21-22-23(31-30-21)29-19(11-28-22)32-10-8-17-18(12-32)24(17,13-26)15-5-3-2-4-6-15/h2-7,9,11,17-18H,8,10,12-13,26H2,1H3,(H,29,30,31)/t17-,18+,24+/m1/s1/i5D. The molecule has 3 aromatic heterocycles. The molecule has 3 N–H and O–H groups in total. The monoisotopic (exact) mass is 430 g/mol. The number of rotatable bonds is 4. The zero-order valence-corrected chi connectivity index (χ0v) is 17.7. The van der Waals surface area contributed by atoms with Crippen LogP contribution in [0.1, 0.15) is 19.0 Å². The minimum Gasteiger partial charge on any atom is -0.355 e. The number of piperidine rings is 1. The third-order valence-electron chi connectivity index (χ3n) is 7.28. The van der Waals surface area contributed by atoms with Gasteiger partial charge in [0.15, 0.2) is 5.82 Å². The van der Waals surface area contributed by atoms with Crippen LogP contribution in [0.5, 0.6) is 0 Å². The van der Waals surface area contributed by atoms with E-state index in [0.717, 1.165) is 30.9 Å². The number of nitrogens with zero attached hydrogens (tertiary/aromatic N) is 5. The number of nitrogens with two attached hydrogens (primary N) is 1. The first-order chi connectivity index (χ1) is 16.0. The first-order valence-corrected chi connectivity index (χ1v) is 10.9. The van der Waals surface area contributed by atoms with E-state index in [1.165, 1.54) is 0 Å². The fourth-order valence-electron chi connectivity index (χ4n) is 5.55. The summed E-state index contributed by atoms with van der Waals surface area (Å²) in [7, 11) is 0. The normalized spacial score (nSPS) is 25.0. The van der Waals surface area contributed by atoms with Crippen LogP contribution in [0.25, 0.3) is 22.4 Å². The van der Waals surface area contributed by atoms with E-state index < -0.39 is 5.82 Å². The molecule has 4 heterocycles. The summed E-state index contributed by atoms with van der Waals surface area (Å²) in [5.41, 5.74) is 9.40. The van der Waals surface area contributed by atoms with Gasteiger partial charge in [-0.3, -0.25) is 10.1 Å². The third kappa shape index (κ3) is 2.69. The Kier molecular flexibility index (Phi) is 4.02. The van der Waals surface area contributed by atoms with Gasteiger partial charge in [-0.25, -0.2) is 14.4 Å². The molecule has 0 spiro atoms. The summed E-state index contributed by atoms with van der Waals surface area (Å²) in [5.74, 6) is 1.22. The first kappa shape index (κ1) is 18.2. The first-order valence-electron chi connectivity index (χ1n) is 11.4. The zero-order valence-electron chi connectivity index (χ0n) is 18.7. The zero-order chi connectivity index (χ0) is 22.7. The van der Waals surface area contributed by atoms with Crippen molar-refractivity contribution in [3.63, 3.8) is 0 Å². The van der Waals surface area contributed by atoms with Gasteiger partial charge in [0.1, 0.15) is 11.3 Å². The van der Waals surface area contributed by atoms with Crippen LogP contribution in [-0.4, -0.2) is 44.8 Å². The quantitative estimate of drug-likeness (QED) is 0.516. The summed E-state index contributed by atoms with van der Waals surface area (Å²) < 4.78 is 23.0. The minimum atomic E-state index is -0.391. The molecule has 162 valence electrons. The molecule has 8 heteroatoms. The smallest absolute Gasteiger partial charge is 0.202 e. The molecule has 1 aliphatic carbocycles. The molecule has 4 aromatic rings. The summed E-state index contributed by atoms with van der Waals surface area (Å²) in [4.78, 5) is 15.5. The Bertz CT molecular complexity index is 1370. The van der Waals surface area contributed by atoms with Gasteiger partial charge in [-0.2, -0.15) is 5.10 Å². The highest BCUT2D eigenvalue weighted by Gasteiger charge is 2.65. The molecule has 2 fully saturated rings. The Morgan fingerprint density at radius 2 is 2.19 bits per heavy atom. The van der Waals surface area contributed by atoms with Crippen LogP contribution in [0.3, 0.4) is 0 Å². The molecule has 0 amide bonds. The highest BCUT2D eigenvalue weighted by atomic mass is 19.1. The predicted octanol–water partition coefficient (Wildman–Crippen LogP) is 3.22. The van der Waals surface area contributed by atoms with E-state index in [0.29, 0.717) is 52.5 Å². The average Bonchev–Trinajstić information content (AvgIpc) is 3.30. The van der Waals surface area contributed by atoms with Crippen molar-refractivity contribution in [1.29, 1.82) is 0 Å². The van der Waals surface area contributed by atoms with Crippen LogP contribution in [0.4, 0.5) is 10.2 Å². The van der Waals surface area contributed by atoms with Crippen LogP contribution < -0.4 is 10.6 Å². The fraction of sp³-hybridized carbons (Fsp3) is 0.333. The Morgan fingerprint density at radius 3 is 3.03 bits per heavy atom. The van der Waals surface area contributed by atoms with Crippen molar-refractivity contribution in [3.8, 4) is 11.3 Å². The van der Waals surface area contributed by atoms with Crippen molar-refractivity contribution in [2.75, 3.05) is 24.5 Å². The number of benzene rings is 1. The van der Waals surface area contributed by atoms with E-state index in [9.17, 15) is 4.39 Å². The maximum Gasteiger partial charge on any atom is 0.202 e. The second-order valence-corrected chi connectivity index (χ2v) is 8.73. The van der Waals surface area contributed by atoms with Crippen LogP contribution in [-0.2, 0) is 5.41 Å².